The minimum Gasteiger partial charge on any atom is -0.322 e. The number of aromatic nitrogens is 1. The SMILES string of the molecule is Cc1ccc2[nH]c(=O)c(CN(Cc3ccc(F)cc3)C(=O)Nc3ccccc3)cc2c1. The number of anilines is 1. The molecule has 5 nitrogen and oxygen atoms in total. The summed E-state index contributed by atoms with van der Waals surface area (Å²) in [5.41, 5.74) is 3.47. The Balaban J connectivity index is 1.65. The van der Waals surface area contributed by atoms with Crippen molar-refractivity contribution in [2.75, 3.05) is 5.32 Å². The lowest BCUT2D eigenvalue weighted by Crippen LogP contribution is -2.35. The van der Waals surface area contributed by atoms with E-state index in [1.165, 1.54) is 17.0 Å². The summed E-state index contributed by atoms with van der Waals surface area (Å²) in [4.78, 5) is 30.1. The maximum absolute atomic E-state index is 13.3. The number of para-hydroxylation sites is 1. The minimum atomic E-state index is -0.348. The number of aryl methyl sites for hydroxylation is 1. The van der Waals surface area contributed by atoms with Gasteiger partial charge in [-0.15, -0.1) is 0 Å². The van der Waals surface area contributed by atoms with E-state index >= 15 is 0 Å². The summed E-state index contributed by atoms with van der Waals surface area (Å²) in [6, 6.07) is 22.3. The van der Waals surface area contributed by atoms with E-state index in [4.69, 9.17) is 0 Å². The lowest BCUT2D eigenvalue weighted by molar-refractivity contribution is 0.206. The first-order chi connectivity index (χ1) is 15.0. The summed E-state index contributed by atoms with van der Waals surface area (Å²) in [6.07, 6.45) is 0. The number of rotatable bonds is 5. The zero-order chi connectivity index (χ0) is 21.8. The Morgan fingerprint density at radius 1 is 0.968 bits per heavy atom. The number of carbonyl (C=O) groups is 1. The number of pyridine rings is 1. The molecule has 2 N–H and O–H groups in total. The molecule has 0 spiro atoms. The minimum absolute atomic E-state index is 0.106. The van der Waals surface area contributed by atoms with Gasteiger partial charge in [0.25, 0.3) is 5.56 Å². The fraction of sp³-hybridized carbons (Fsp3) is 0.120. The lowest BCUT2D eigenvalue weighted by atomic mass is 10.1. The Morgan fingerprint density at radius 3 is 2.45 bits per heavy atom. The maximum Gasteiger partial charge on any atom is 0.322 e. The maximum atomic E-state index is 13.3. The molecule has 0 aliphatic carbocycles. The highest BCUT2D eigenvalue weighted by atomic mass is 19.1. The predicted octanol–water partition coefficient (Wildman–Crippen LogP) is 5.21. The molecule has 1 heterocycles. The largest absolute Gasteiger partial charge is 0.322 e. The number of H-pyrrole nitrogens is 1. The van der Waals surface area contributed by atoms with E-state index in [0.29, 0.717) is 11.3 Å². The number of urea groups is 1. The van der Waals surface area contributed by atoms with Crippen molar-refractivity contribution < 1.29 is 9.18 Å². The van der Waals surface area contributed by atoms with Crippen LogP contribution < -0.4 is 10.9 Å². The van der Waals surface area contributed by atoms with Crippen molar-refractivity contribution in [1.29, 1.82) is 0 Å². The molecule has 0 atom stereocenters. The van der Waals surface area contributed by atoms with Gasteiger partial charge in [0.1, 0.15) is 5.82 Å². The third kappa shape index (κ3) is 4.98. The molecule has 0 aliphatic heterocycles. The molecular formula is C25H22FN3O2. The smallest absolute Gasteiger partial charge is 0.322 e. The van der Waals surface area contributed by atoms with Crippen molar-refractivity contribution in [2.24, 2.45) is 0 Å². The van der Waals surface area contributed by atoms with Crippen LogP contribution in [0.1, 0.15) is 16.7 Å². The van der Waals surface area contributed by atoms with Crippen LogP contribution in [0, 0.1) is 12.7 Å². The van der Waals surface area contributed by atoms with Gasteiger partial charge in [0.2, 0.25) is 0 Å². The van der Waals surface area contributed by atoms with Crippen molar-refractivity contribution in [1.82, 2.24) is 9.88 Å². The van der Waals surface area contributed by atoms with Crippen LogP contribution in [-0.4, -0.2) is 15.9 Å². The first-order valence-electron chi connectivity index (χ1n) is 9.96. The van der Waals surface area contributed by atoms with Gasteiger partial charge in [-0.3, -0.25) is 4.79 Å². The van der Waals surface area contributed by atoms with Gasteiger partial charge >= 0.3 is 6.03 Å². The lowest BCUT2D eigenvalue weighted by Gasteiger charge is -2.23. The molecule has 156 valence electrons. The van der Waals surface area contributed by atoms with Gasteiger partial charge in [0.15, 0.2) is 0 Å². The third-order valence-corrected chi connectivity index (χ3v) is 5.04. The molecule has 1 aromatic heterocycles. The Labute approximate surface area is 179 Å². The van der Waals surface area contributed by atoms with Gasteiger partial charge in [0, 0.05) is 23.3 Å². The molecule has 0 saturated carbocycles. The molecule has 2 amide bonds. The van der Waals surface area contributed by atoms with Crippen LogP contribution >= 0.6 is 0 Å². The van der Waals surface area contributed by atoms with Gasteiger partial charge in [0.05, 0.1) is 6.54 Å². The number of fused-ring (bicyclic) bond motifs is 1. The summed E-state index contributed by atoms with van der Waals surface area (Å²) in [6.45, 7) is 2.32. The summed E-state index contributed by atoms with van der Waals surface area (Å²) in [5, 5.41) is 3.76. The second kappa shape index (κ2) is 8.83. The molecule has 4 aromatic rings. The Hall–Kier alpha value is -3.93. The number of nitrogens with zero attached hydrogens (tertiary/aromatic N) is 1. The number of hydrogen-bond acceptors (Lipinski definition) is 2. The van der Waals surface area contributed by atoms with Crippen LogP contribution in [0.4, 0.5) is 14.9 Å². The average molecular weight is 415 g/mol. The fourth-order valence-electron chi connectivity index (χ4n) is 3.43. The van der Waals surface area contributed by atoms with Gasteiger partial charge < -0.3 is 15.2 Å². The summed E-state index contributed by atoms with van der Waals surface area (Å²) in [5.74, 6) is -0.342. The van der Waals surface area contributed by atoms with E-state index in [2.05, 4.69) is 10.3 Å². The topological polar surface area (TPSA) is 65.2 Å². The quantitative estimate of drug-likeness (QED) is 0.470. The average Bonchev–Trinajstić information content (AvgIpc) is 2.76. The van der Waals surface area contributed by atoms with E-state index in [-0.39, 0.29) is 30.5 Å². The number of amides is 2. The van der Waals surface area contributed by atoms with Crippen molar-refractivity contribution in [3.63, 3.8) is 0 Å². The summed E-state index contributed by atoms with van der Waals surface area (Å²) < 4.78 is 13.3. The number of hydrogen-bond donors (Lipinski definition) is 2. The Bertz CT molecular complexity index is 1270. The Morgan fingerprint density at radius 2 is 1.71 bits per heavy atom. The normalized spacial score (nSPS) is 10.8. The van der Waals surface area contributed by atoms with Crippen LogP contribution in [0.15, 0.2) is 83.7 Å². The van der Waals surface area contributed by atoms with Gasteiger partial charge in [-0.25, -0.2) is 9.18 Å². The molecule has 3 aromatic carbocycles. The number of benzene rings is 3. The van der Waals surface area contributed by atoms with Crippen LogP contribution in [0.3, 0.4) is 0 Å². The van der Waals surface area contributed by atoms with Crippen molar-refractivity contribution in [3.05, 3.63) is 112 Å². The highest BCUT2D eigenvalue weighted by Gasteiger charge is 2.17. The van der Waals surface area contributed by atoms with E-state index < -0.39 is 0 Å². The van der Waals surface area contributed by atoms with Crippen LogP contribution in [-0.2, 0) is 13.1 Å². The summed E-state index contributed by atoms with van der Waals surface area (Å²) >= 11 is 0. The monoisotopic (exact) mass is 415 g/mol. The third-order valence-electron chi connectivity index (χ3n) is 5.04. The van der Waals surface area contributed by atoms with Crippen LogP contribution in [0.25, 0.3) is 10.9 Å². The second-order valence-electron chi connectivity index (χ2n) is 7.49. The number of aromatic amines is 1. The highest BCUT2D eigenvalue weighted by molar-refractivity contribution is 5.89. The van der Waals surface area contributed by atoms with E-state index in [1.54, 1.807) is 24.3 Å². The standard InChI is InChI=1S/C25H22FN3O2/c1-17-7-12-23-19(13-17)14-20(24(30)28-23)16-29(15-18-8-10-21(26)11-9-18)25(31)27-22-5-3-2-4-6-22/h2-14H,15-16H2,1H3,(H,27,31)(H,28,30). The first kappa shape index (κ1) is 20.3. The van der Waals surface area contributed by atoms with Crippen molar-refractivity contribution in [2.45, 2.75) is 20.0 Å². The molecule has 0 aliphatic rings. The number of carbonyl (C=O) groups excluding carboxylic acids is 1. The van der Waals surface area contributed by atoms with E-state index in [1.807, 2.05) is 49.4 Å². The Kier molecular flexibility index (Phi) is 5.80. The number of halogens is 1. The molecule has 6 heteroatoms. The van der Waals surface area contributed by atoms with Crippen LogP contribution in [0.2, 0.25) is 0 Å². The second-order valence-corrected chi connectivity index (χ2v) is 7.49. The number of nitrogens with one attached hydrogen (secondary N) is 2. The van der Waals surface area contributed by atoms with E-state index in [0.717, 1.165) is 22.0 Å². The van der Waals surface area contributed by atoms with Crippen molar-refractivity contribution >= 4 is 22.6 Å². The summed E-state index contributed by atoms with van der Waals surface area (Å²) in [7, 11) is 0. The van der Waals surface area contributed by atoms with Gasteiger partial charge in [-0.05, 0) is 60.3 Å². The van der Waals surface area contributed by atoms with E-state index in [9.17, 15) is 14.0 Å². The van der Waals surface area contributed by atoms with Gasteiger partial charge in [-0.1, -0.05) is 42.0 Å². The molecule has 0 saturated heterocycles. The zero-order valence-corrected chi connectivity index (χ0v) is 17.1. The zero-order valence-electron chi connectivity index (χ0n) is 17.1. The molecule has 0 bridgehead atoms. The van der Waals surface area contributed by atoms with Crippen LogP contribution in [0.5, 0.6) is 0 Å². The molecular weight excluding hydrogens is 393 g/mol. The molecule has 0 unspecified atom stereocenters. The predicted molar refractivity (Wildman–Crippen MR) is 120 cm³/mol. The van der Waals surface area contributed by atoms with Gasteiger partial charge in [-0.2, -0.15) is 0 Å². The van der Waals surface area contributed by atoms with Crippen molar-refractivity contribution in [3.8, 4) is 0 Å². The molecule has 31 heavy (non-hydrogen) atoms. The first-order valence-corrected chi connectivity index (χ1v) is 9.96. The fourth-order valence-corrected chi connectivity index (χ4v) is 3.43. The molecule has 0 fully saturated rings. The molecule has 0 radical (unpaired) electrons. The molecule has 4 rings (SSSR count). The highest BCUT2D eigenvalue weighted by Crippen LogP contribution is 2.17.